The number of nitrogens with one attached hydrogen (secondary N) is 1. The maximum absolute atomic E-state index is 5.56. The number of imidazole rings is 1. The zero-order valence-corrected chi connectivity index (χ0v) is 13.2. The fourth-order valence-corrected chi connectivity index (χ4v) is 2.48. The van der Waals surface area contributed by atoms with Crippen molar-refractivity contribution in [3.05, 3.63) is 60.4 Å². The Balaban J connectivity index is 1.42. The molecule has 0 aliphatic carbocycles. The van der Waals surface area contributed by atoms with Gasteiger partial charge in [-0.1, -0.05) is 6.07 Å². The summed E-state index contributed by atoms with van der Waals surface area (Å²) in [6, 6.07) is 9.72. The van der Waals surface area contributed by atoms with Gasteiger partial charge in [-0.3, -0.25) is 0 Å². The quantitative estimate of drug-likeness (QED) is 0.609. The lowest BCUT2D eigenvalue weighted by molar-refractivity contribution is 0.545. The minimum absolute atomic E-state index is 0.477. The molecule has 7 nitrogen and oxygen atoms in total. The van der Waals surface area contributed by atoms with Crippen LogP contribution in [0, 0.1) is 6.92 Å². The zero-order chi connectivity index (χ0) is 16.4. The monoisotopic (exact) mass is 320 g/mol. The van der Waals surface area contributed by atoms with E-state index >= 15 is 0 Å². The Morgan fingerprint density at radius 1 is 1.17 bits per heavy atom. The maximum atomic E-state index is 5.56. The van der Waals surface area contributed by atoms with Crippen LogP contribution in [0.15, 0.2) is 53.3 Å². The summed E-state index contributed by atoms with van der Waals surface area (Å²) in [5.41, 5.74) is 2.62. The van der Waals surface area contributed by atoms with Crippen LogP contribution in [0.5, 0.6) is 0 Å². The number of pyridine rings is 1. The minimum Gasteiger partial charge on any atom is -0.460 e. The summed E-state index contributed by atoms with van der Waals surface area (Å²) >= 11 is 0. The summed E-state index contributed by atoms with van der Waals surface area (Å²) in [6.45, 7) is 2.57. The first-order chi connectivity index (χ1) is 11.8. The molecule has 1 N–H and O–H groups in total. The largest absolute Gasteiger partial charge is 0.460 e. The van der Waals surface area contributed by atoms with Crippen LogP contribution in [0.3, 0.4) is 0 Å². The summed E-state index contributed by atoms with van der Waals surface area (Å²) in [4.78, 5) is 8.99. The van der Waals surface area contributed by atoms with E-state index in [-0.39, 0.29) is 0 Å². The fourth-order valence-electron chi connectivity index (χ4n) is 2.48. The lowest BCUT2D eigenvalue weighted by Crippen LogP contribution is -2.09. The van der Waals surface area contributed by atoms with Crippen molar-refractivity contribution in [3.63, 3.8) is 0 Å². The topological polar surface area (TPSA) is 81.1 Å². The summed E-state index contributed by atoms with van der Waals surface area (Å²) < 4.78 is 7.57. The Hall–Kier alpha value is -3.22. The lowest BCUT2D eigenvalue weighted by atomic mass is 10.3. The van der Waals surface area contributed by atoms with Crippen LogP contribution in [0.4, 0.5) is 5.95 Å². The Bertz CT molecular complexity index is 941. The van der Waals surface area contributed by atoms with Crippen molar-refractivity contribution in [2.24, 2.45) is 0 Å². The van der Waals surface area contributed by atoms with Gasteiger partial charge in [0.05, 0.1) is 11.9 Å². The van der Waals surface area contributed by atoms with Gasteiger partial charge in [0.25, 0.3) is 0 Å². The van der Waals surface area contributed by atoms with Crippen LogP contribution in [0.2, 0.25) is 0 Å². The van der Waals surface area contributed by atoms with Gasteiger partial charge in [-0.25, -0.2) is 9.97 Å². The van der Waals surface area contributed by atoms with E-state index in [9.17, 15) is 0 Å². The predicted molar refractivity (Wildman–Crippen MR) is 89.7 cm³/mol. The molecule has 0 bridgehead atoms. The summed E-state index contributed by atoms with van der Waals surface area (Å²) in [7, 11) is 0. The standard InChI is InChI=1S/C17H16N6O/c1-12-5-6-15(24-12)14-10-19-22-17(21-14)18-8-7-13-11-23-9-3-2-4-16(23)20-13/h2-6,9-11H,7-8H2,1H3,(H,18,21,22). The van der Waals surface area contributed by atoms with Crippen LogP contribution >= 0.6 is 0 Å². The van der Waals surface area contributed by atoms with Crippen molar-refractivity contribution in [1.29, 1.82) is 0 Å². The van der Waals surface area contributed by atoms with Gasteiger partial charge < -0.3 is 14.1 Å². The molecule has 0 aliphatic rings. The van der Waals surface area contributed by atoms with Crippen LogP contribution in [0.1, 0.15) is 11.5 Å². The van der Waals surface area contributed by atoms with Crippen molar-refractivity contribution in [2.45, 2.75) is 13.3 Å². The number of hydrogen-bond acceptors (Lipinski definition) is 6. The van der Waals surface area contributed by atoms with Crippen molar-refractivity contribution < 1.29 is 4.42 Å². The highest BCUT2D eigenvalue weighted by Crippen LogP contribution is 2.19. The third-order valence-corrected chi connectivity index (χ3v) is 3.63. The number of aryl methyl sites for hydroxylation is 1. The molecule has 4 aromatic rings. The average molecular weight is 320 g/mol. The van der Waals surface area contributed by atoms with E-state index in [0.29, 0.717) is 23.9 Å². The third kappa shape index (κ3) is 2.96. The number of nitrogens with zero attached hydrogens (tertiary/aromatic N) is 5. The zero-order valence-electron chi connectivity index (χ0n) is 13.2. The Morgan fingerprint density at radius 2 is 2.12 bits per heavy atom. The van der Waals surface area contributed by atoms with Crippen LogP contribution in [-0.4, -0.2) is 31.1 Å². The first-order valence-electron chi connectivity index (χ1n) is 7.71. The van der Waals surface area contributed by atoms with E-state index in [1.807, 2.05) is 54.0 Å². The van der Waals surface area contributed by atoms with Crippen LogP contribution < -0.4 is 5.32 Å². The van der Waals surface area contributed by atoms with Crippen LogP contribution in [0.25, 0.3) is 17.1 Å². The third-order valence-electron chi connectivity index (χ3n) is 3.63. The fraction of sp³-hybridized carbons (Fsp3) is 0.176. The number of aromatic nitrogens is 5. The highest BCUT2D eigenvalue weighted by atomic mass is 16.3. The van der Waals surface area contributed by atoms with E-state index < -0.39 is 0 Å². The second-order valence-electron chi connectivity index (χ2n) is 5.45. The second-order valence-corrected chi connectivity index (χ2v) is 5.45. The van der Waals surface area contributed by atoms with Gasteiger partial charge in [0.1, 0.15) is 17.1 Å². The van der Waals surface area contributed by atoms with Crippen molar-refractivity contribution in [2.75, 3.05) is 11.9 Å². The normalized spacial score (nSPS) is 11.0. The number of fused-ring (bicyclic) bond motifs is 1. The average Bonchev–Trinajstić information content (AvgIpc) is 3.21. The molecule has 4 heterocycles. The summed E-state index contributed by atoms with van der Waals surface area (Å²) in [5, 5.41) is 11.2. The molecule has 120 valence electrons. The molecule has 0 fully saturated rings. The number of furan rings is 1. The maximum Gasteiger partial charge on any atom is 0.243 e. The highest BCUT2D eigenvalue weighted by Gasteiger charge is 2.07. The van der Waals surface area contributed by atoms with Gasteiger partial charge in [0, 0.05) is 25.4 Å². The summed E-state index contributed by atoms with van der Waals surface area (Å²) in [5.74, 6) is 2.00. The molecule has 7 heteroatoms. The second kappa shape index (κ2) is 6.11. The van der Waals surface area contributed by atoms with Gasteiger partial charge in [-0.2, -0.15) is 5.10 Å². The van der Waals surface area contributed by atoms with Crippen molar-refractivity contribution in [3.8, 4) is 11.5 Å². The Kier molecular flexibility index (Phi) is 3.66. The SMILES string of the molecule is Cc1ccc(-c2cnnc(NCCc3cn4ccccc4n3)n2)o1. The molecule has 0 amide bonds. The number of hydrogen-bond donors (Lipinski definition) is 1. The number of rotatable bonds is 5. The molecule has 4 aromatic heterocycles. The first-order valence-corrected chi connectivity index (χ1v) is 7.71. The van der Waals surface area contributed by atoms with Gasteiger partial charge in [-0.05, 0) is 31.2 Å². The molecule has 0 saturated heterocycles. The predicted octanol–water partition coefficient (Wildman–Crippen LogP) is 2.74. The summed E-state index contributed by atoms with van der Waals surface area (Å²) in [6.07, 6.45) is 6.37. The van der Waals surface area contributed by atoms with E-state index in [2.05, 4.69) is 25.5 Å². The molecule has 0 unspecified atom stereocenters. The molecular weight excluding hydrogens is 304 g/mol. The van der Waals surface area contributed by atoms with Gasteiger partial charge >= 0.3 is 0 Å². The van der Waals surface area contributed by atoms with Gasteiger partial charge in [0.15, 0.2) is 5.76 Å². The molecule has 0 radical (unpaired) electrons. The molecule has 0 aliphatic heterocycles. The van der Waals surface area contributed by atoms with Crippen molar-refractivity contribution in [1.82, 2.24) is 24.6 Å². The Labute approximate surface area is 138 Å². The van der Waals surface area contributed by atoms with E-state index in [4.69, 9.17) is 4.42 Å². The highest BCUT2D eigenvalue weighted by molar-refractivity contribution is 5.52. The van der Waals surface area contributed by atoms with Crippen molar-refractivity contribution >= 4 is 11.6 Å². The van der Waals surface area contributed by atoms with Gasteiger partial charge in [0.2, 0.25) is 5.95 Å². The van der Waals surface area contributed by atoms with Crippen LogP contribution in [-0.2, 0) is 6.42 Å². The first kappa shape index (κ1) is 14.4. The van der Waals surface area contributed by atoms with Gasteiger partial charge in [-0.15, -0.1) is 5.10 Å². The molecule has 0 aromatic carbocycles. The molecule has 24 heavy (non-hydrogen) atoms. The molecule has 0 saturated carbocycles. The number of anilines is 1. The molecule has 4 rings (SSSR count). The molecule has 0 atom stereocenters. The smallest absolute Gasteiger partial charge is 0.243 e. The molecule has 0 spiro atoms. The lowest BCUT2D eigenvalue weighted by Gasteiger charge is -2.03. The minimum atomic E-state index is 0.477. The van der Waals surface area contributed by atoms with E-state index in [1.54, 1.807) is 6.20 Å². The molecular formula is C17H16N6O. The Morgan fingerprint density at radius 3 is 2.96 bits per heavy atom. The van der Waals surface area contributed by atoms with E-state index in [1.165, 1.54) is 0 Å². The van der Waals surface area contributed by atoms with E-state index in [0.717, 1.165) is 23.5 Å².